The number of nitrogen functional groups attached to an aromatic ring is 1. The van der Waals surface area contributed by atoms with E-state index in [0.29, 0.717) is 42.8 Å². The molecule has 0 atom stereocenters. The number of carbonyl (C=O) groups excluding carboxylic acids is 1. The molecular formula is C24H40F3N5O3. The van der Waals surface area contributed by atoms with Gasteiger partial charge in [0.05, 0.1) is 17.6 Å². The SMILES string of the molecule is CC.CC(C)C(F)(F)F.Cc1cnc2c(N(CC3CCOCC3)C(=O)OC(C)(C)C)cc(N)nn12. The van der Waals surface area contributed by atoms with Crippen LogP contribution in [0.1, 0.15) is 67.0 Å². The lowest BCUT2D eigenvalue weighted by Gasteiger charge is -2.31. The highest BCUT2D eigenvalue weighted by Crippen LogP contribution is 2.28. The van der Waals surface area contributed by atoms with Crippen LogP contribution >= 0.6 is 0 Å². The molecule has 11 heteroatoms. The van der Waals surface area contributed by atoms with E-state index in [1.807, 2.05) is 41.5 Å². The van der Waals surface area contributed by atoms with Gasteiger partial charge < -0.3 is 15.2 Å². The zero-order valence-corrected chi connectivity index (χ0v) is 22.1. The minimum absolute atomic E-state index is 0.328. The monoisotopic (exact) mass is 503 g/mol. The molecule has 0 spiro atoms. The predicted octanol–water partition coefficient (Wildman–Crippen LogP) is 6.02. The van der Waals surface area contributed by atoms with Crippen molar-refractivity contribution in [3.63, 3.8) is 0 Å². The van der Waals surface area contributed by atoms with Crippen LogP contribution in [0.25, 0.3) is 5.65 Å². The van der Waals surface area contributed by atoms with Crippen molar-refractivity contribution in [1.29, 1.82) is 0 Å². The van der Waals surface area contributed by atoms with Gasteiger partial charge in [-0.25, -0.2) is 14.3 Å². The quantitative estimate of drug-likeness (QED) is 0.550. The van der Waals surface area contributed by atoms with Gasteiger partial charge in [-0.05, 0) is 46.5 Å². The summed E-state index contributed by atoms with van der Waals surface area (Å²) in [6.45, 7) is 15.7. The van der Waals surface area contributed by atoms with Gasteiger partial charge >= 0.3 is 12.3 Å². The number of amides is 1. The lowest BCUT2D eigenvalue weighted by atomic mass is 9.99. The number of alkyl halides is 3. The van der Waals surface area contributed by atoms with Gasteiger partial charge in [0.15, 0.2) is 5.65 Å². The lowest BCUT2D eigenvalue weighted by Crippen LogP contribution is -2.41. The van der Waals surface area contributed by atoms with E-state index < -0.39 is 23.8 Å². The smallest absolute Gasteiger partial charge is 0.414 e. The van der Waals surface area contributed by atoms with Crippen molar-refractivity contribution < 1.29 is 27.4 Å². The standard InChI is InChI=1S/C18H27N5O3.C4H7F3.C2H6/c1-12-10-20-16-14(9-15(19)21-23(12)16)22(17(24)26-18(2,3)4)11-13-5-7-25-8-6-13;1-3(2)4(5,6)7;1-2/h9-10,13H,5-8,11H2,1-4H3,(H2,19,21);3H,1-2H3;1-2H3. The molecule has 3 heterocycles. The maximum Gasteiger partial charge on any atom is 0.414 e. The summed E-state index contributed by atoms with van der Waals surface area (Å²) in [7, 11) is 0. The van der Waals surface area contributed by atoms with Crippen LogP contribution in [0.3, 0.4) is 0 Å². The van der Waals surface area contributed by atoms with Crippen LogP contribution in [0.4, 0.5) is 29.5 Å². The molecular weight excluding hydrogens is 463 g/mol. The Labute approximate surface area is 206 Å². The van der Waals surface area contributed by atoms with Crippen LogP contribution in [0.2, 0.25) is 0 Å². The van der Waals surface area contributed by atoms with Gasteiger partial charge in [-0.15, -0.1) is 5.10 Å². The normalized spacial score (nSPS) is 14.6. The van der Waals surface area contributed by atoms with Gasteiger partial charge in [0.1, 0.15) is 11.4 Å². The predicted molar refractivity (Wildman–Crippen MR) is 132 cm³/mol. The van der Waals surface area contributed by atoms with Gasteiger partial charge in [-0.2, -0.15) is 13.2 Å². The first-order valence-corrected chi connectivity index (χ1v) is 11.9. The Kier molecular flexibility index (Phi) is 11.3. The van der Waals surface area contributed by atoms with E-state index in [2.05, 4.69) is 10.1 Å². The summed E-state index contributed by atoms with van der Waals surface area (Å²) < 4.78 is 46.3. The number of carbonyl (C=O) groups is 1. The van der Waals surface area contributed by atoms with E-state index in [1.165, 1.54) is 0 Å². The van der Waals surface area contributed by atoms with Crippen LogP contribution in [0.5, 0.6) is 0 Å². The molecule has 200 valence electrons. The molecule has 2 aromatic heterocycles. The fraction of sp³-hybridized carbons (Fsp3) is 0.708. The molecule has 1 aliphatic heterocycles. The van der Waals surface area contributed by atoms with Crippen molar-refractivity contribution in [1.82, 2.24) is 14.6 Å². The summed E-state index contributed by atoms with van der Waals surface area (Å²) in [5.41, 5.74) is 7.46. The molecule has 1 fully saturated rings. The average Bonchev–Trinajstić information content (AvgIpc) is 3.13. The number of nitrogens with two attached hydrogens (primary N) is 1. The highest BCUT2D eigenvalue weighted by molar-refractivity contribution is 5.93. The van der Waals surface area contributed by atoms with Crippen molar-refractivity contribution in [2.24, 2.45) is 11.8 Å². The number of aryl methyl sites for hydroxylation is 1. The molecule has 35 heavy (non-hydrogen) atoms. The zero-order chi connectivity index (χ0) is 27.0. The van der Waals surface area contributed by atoms with Gasteiger partial charge in [-0.3, -0.25) is 4.90 Å². The van der Waals surface area contributed by atoms with E-state index >= 15 is 0 Å². The van der Waals surface area contributed by atoms with Gasteiger partial charge in [0.2, 0.25) is 0 Å². The van der Waals surface area contributed by atoms with E-state index in [-0.39, 0.29) is 0 Å². The molecule has 8 nitrogen and oxygen atoms in total. The first-order valence-electron chi connectivity index (χ1n) is 11.9. The Morgan fingerprint density at radius 2 is 1.80 bits per heavy atom. The summed E-state index contributed by atoms with van der Waals surface area (Å²) in [5, 5.41) is 4.29. The molecule has 0 aliphatic carbocycles. The van der Waals surface area contributed by atoms with Crippen molar-refractivity contribution in [2.45, 2.75) is 80.0 Å². The Hall–Kier alpha value is -2.56. The van der Waals surface area contributed by atoms with E-state index in [9.17, 15) is 18.0 Å². The second kappa shape index (κ2) is 12.9. The number of halogens is 3. The molecule has 1 saturated heterocycles. The second-order valence-electron chi connectivity index (χ2n) is 9.43. The highest BCUT2D eigenvalue weighted by Gasteiger charge is 2.32. The Bertz CT molecular complexity index is 933. The topological polar surface area (TPSA) is 95.0 Å². The van der Waals surface area contributed by atoms with Crippen molar-refractivity contribution in [3.8, 4) is 0 Å². The molecule has 2 N–H and O–H groups in total. The molecule has 0 saturated carbocycles. The fourth-order valence-corrected chi connectivity index (χ4v) is 3.05. The number of imidazole rings is 1. The number of fused-ring (bicyclic) bond motifs is 1. The Morgan fingerprint density at radius 3 is 2.29 bits per heavy atom. The molecule has 2 aromatic rings. The summed E-state index contributed by atoms with van der Waals surface area (Å²) in [4.78, 5) is 19.0. The van der Waals surface area contributed by atoms with Gasteiger partial charge in [-0.1, -0.05) is 27.7 Å². The van der Waals surface area contributed by atoms with Crippen LogP contribution in [-0.2, 0) is 9.47 Å². The molecule has 0 radical (unpaired) electrons. The highest BCUT2D eigenvalue weighted by atomic mass is 19.4. The fourth-order valence-electron chi connectivity index (χ4n) is 3.05. The number of rotatable bonds is 3. The third kappa shape index (κ3) is 9.54. The molecule has 3 rings (SSSR count). The largest absolute Gasteiger partial charge is 0.443 e. The maximum absolute atomic E-state index is 13.0. The second-order valence-corrected chi connectivity index (χ2v) is 9.43. The van der Waals surface area contributed by atoms with Crippen LogP contribution in [0, 0.1) is 18.8 Å². The summed E-state index contributed by atoms with van der Waals surface area (Å²) in [6.07, 6.45) is -0.877. The number of aromatic nitrogens is 3. The first kappa shape index (κ1) is 30.5. The zero-order valence-electron chi connectivity index (χ0n) is 22.1. The molecule has 0 unspecified atom stereocenters. The third-order valence-corrected chi connectivity index (χ3v) is 4.98. The first-order chi connectivity index (χ1) is 16.2. The van der Waals surface area contributed by atoms with Gasteiger partial charge in [0.25, 0.3) is 0 Å². The lowest BCUT2D eigenvalue weighted by molar-refractivity contribution is -0.164. The summed E-state index contributed by atoms with van der Waals surface area (Å²) >= 11 is 0. The van der Waals surface area contributed by atoms with Crippen LogP contribution < -0.4 is 10.6 Å². The Balaban J connectivity index is 0.000000587. The van der Waals surface area contributed by atoms with E-state index in [0.717, 1.165) is 32.4 Å². The van der Waals surface area contributed by atoms with Crippen LogP contribution in [0.15, 0.2) is 12.3 Å². The summed E-state index contributed by atoms with van der Waals surface area (Å²) in [6, 6.07) is 1.69. The third-order valence-electron chi connectivity index (χ3n) is 4.98. The van der Waals surface area contributed by atoms with Crippen molar-refractivity contribution >= 4 is 23.2 Å². The summed E-state index contributed by atoms with van der Waals surface area (Å²) in [5.74, 6) is -0.539. The molecule has 0 bridgehead atoms. The average molecular weight is 504 g/mol. The number of anilines is 2. The molecule has 0 aromatic carbocycles. The number of hydrogen-bond acceptors (Lipinski definition) is 6. The number of hydrogen-bond donors (Lipinski definition) is 1. The maximum atomic E-state index is 13.0. The minimum Gasteiger partial charge on any atom is -0.443 e. The number of nitrogens with zero attached hydrogens (tertiary/aromatic N) is 4. The molecule has 1 amide bonds. The molecule has 1 aliphatic rings. The van der Waals surface area contributed by atoms with E-state index in [4.69, 9.17) is 15.2 Å². The minimum atomic E-state index is -4.00. The Morgan fingerprint density at radius 1 is 1.26 bits per heavy atom. The van der Waals surface area contributed by atoms with E-state index in [1.54, 1.807) is 21.7 Å². The van der Waals surface area contributed by atoms with Crippen LogP contribution in [-0.4, -0.2) is 52.2 Å². The van der Waals surface area contributed by atoms with Crippen molar-refractivity contribution in [2.75, 3.05) is 30.4 Å². The van der Waals surface area contributed by atoms with Gasteiger partial charge in [0, 0.05) is 31.7 Å². The number of ether oxygens (including phenoxy) is 2. The van der Waals surface area contributed by atoms with Crippen molar-refractivity contribution in [3.05, 3.63) is 18.0 Å².